The Balaban J connectivity index is 1.59. The van der Waals surface area contributed by atoms with Crippen LogP contribution in [0.4, 0.5) is 30.6 Å². The van der Waals surface area contributed by atoms with Crippen LogP contribution in [-0.2, 0) is 0 Å². The molecule has 2 heterocycles. The van der Waals surface area contributed by atoms with E-state index in [9.17, 15) is 18.3 Å². The Labute approximate surface area is 199 Å². The number of benzene rings is 1. The van der Waals surface area contributed by atoms with E-state index in [4.69, 9.17) is 4.98 Å². The summed E-state index contributed by atoms with van der Waals surface area (Å²) in [5.74, 6) is 0.537. The normalized spacial score (nSPS) is 28.1. The molecule has 11 heteroatoms. The van der Waals surface area contributed by atoms with Crippen molar-refractivity contribution in [3.05, 3.63) is 23.9 Å². The number of rotatable bonds is 6. The minimum Gasteiger partial charge on any atom is -0.392 e. The highest BCUT2D eigenvalue weighted by Gasteiger charge is 2.73. The van der Waals surface area contributed by atoms with Crippen LogP contribution in [0.25, 0.3) is 20.8 Å². The van der Waals surface area contributed by atoms with Gasteiger partial charge in [-0.1, -0.05) is 6.92 Å². The maximum absolute atomic E-state index is 12.8. The highest BCUT2D eigenvalue weighted by molar-refractivity contribution is 7.21. The second-order valence-corrected chi connectivity index (χ2v) is 10.6. The first-order valence-corrected chi connectivity index (χ1v) is 12.0. The smallest absolute Gasteiger partial charge is 0.392 e. The Bertz CT molecular complexity index is 1260. The molecule has 0 saturated heterocycles. The molecule has 0 spiro atoms. The summed E-state index contributed by atoms with van der Waals surface area (Å²) in [4.78, 5) is 13.6. The van der Waals surface area contributed by atoms with Gasteiger partial charge in [-0.2, -0.15) is 18.2 Å². The fourth-order valence-corrected chi connectivity index (χ4v) is 6.35. The number of aliphatic hydroxyl groups is 1. The number of nitrogens with zero attached hydrogens (tertiary/aromatic N) is 3. The molecule has 4 N–H and O–H groups in total. The standard InChI is InChI=1S/C23H27F3N6OS/c1-11-16(19-30-14-9-12(27-4)5-6-15(14)34-19)18(31-20(29-11)28-10-23(24,25)26)32-21(2)8-7-13-17(33)22(13,21)3/h5-6,9,13,17,27,33H,7-8,10H2,1-4H3,(H2,28,29,31,32). The maximum atomic E-state index is 12.8. The van der Waals surface area contributed by atoms with Crippen LogP contribution in [0.2, 0.25) is 0 Å². The molecule has 3 aromatic rings. The Hall–Kier alpha value is -2.66. The SMILES string of the molecule is CNc1ccc2sc(-c3c(C)nc(NCC(F)(F)F)nc3NC3(C)CCC4C(O)C43C)nc2c1. The summed E-state index contributed by atoms with van der Waals surface area (Å²) in [5, 5.41) is 20.1. The molecule has 0 bridgehead atoms. The molecule has 5 rings (SSSR count). The zero-order chi connectivity index (χ0) is 24.5. The van der Waals surface area contributed by atoms with Crippen molar-refractivity contribution in [2.45, 2.75) is 51.4 Å². The van der Waals surface area contributed by atoms with Gasteiger partial charge in [0.25, 0.3) is 0 Å². The van der Waals surface area contributed by atoms with Crippen molar-refractivity contribution >= 4 is 39.0 Å². The van der Waals surface area contributed by atoms with Gasteiger partial charge in [-0.3, -0.25) is 0 Å². The molecule has 1 aromatic carbocycles. The van der Waals surface area contributed by atoms with Crippen LogP contribution in [0.15, 0.2) is 18.2 Å². The van der Waals surface area contributed by atoms with Crippen LogP contribution in [-0.4, -0.2) is 51.5 Å². The van der Waals surface area contributed by atoms with Crippen molar-refractivity contribution < 1.29 is 18.3 Å². The molecule has 182 valence electrons. The number of nitrogens with one attached hydrogen (secondary N) is 3. The minimum absolute atomic E-state index is 0.0979. The van der Waals surface area contributed by atoms with Crippen LogP contribution in [0.1, 0.15) is 32.4 Å². The summed E-state index contributed by atoms with van der Waals surface area (Å²) in [7, 11) is 1.84. The third kappa shape index (κ3) is 3.65. The van der Waals surface area contributed by atoms with E-state index in [1.807, 2.05) is 32.2 Å². The molecule has 0 aliphatic heterocycles. The Kier molecular flexibility index (Phi) is 5.21. The van der Waals surface area contributed by atoms with Gasteiger partial charge in [-0.15, -0.1) is 11.3 Å². The molecular formula is C23H27F3N6OS. The second kappa shape index (κ2) is 7.67. The van der Waals surface area contributed by atoms with E-state index in [1.54, 1.807) is 6.92 Å². The number of aryl methyl sites for hydroxylation is 1. The van der Waals surface area contributed by atoms with Crippen molar-refractivity contribution in [2.75, 3.05) is 29.5 Å². The number of fused-ring (bicyclic) bond motifs is 2. The van der Waals surface area contributed by atoms with Gasteiger partial charge < -0.3 is 21.1 Å². The zero-order valence-electron chi connectivity index (χ0n) is 19.3. The van der Waals surface area contributed by atoms with Crippen LogP contribution >= 0.6 is 11.3 Å². The predicted molar refractivity (Wildman–Crippen MR) is 128 cm³/mol. The molecule has 2 aromatic heterocycles. The van der Waals surface area contributed by atoms with Gasteiger partial charge in [0.2, 0.25) is 5.95 Å². The van der Waals surface area contributed by atoms with Gasteiger partial charge in [0.15, 0.2) is 0 Å². The maximum Gasteiger partial charge on any atom is 0.405 e. The van der Waals surface area contributed by atoms with Gasteiger partial charge in [0.05, 0.1) is 27.6 Å². The average molecular weight is 493 g/mol. The quantitative estimate of drug-likeness (QED) is 0.383. The fourth-order valence-electron chi connectivity index (χ4n) is 5.31. The minimum atomic E-state index is -4.39. The summed E-state index contributed by atoms with van der Waals surface area (Å²) in [6, 6.07) is 5.89. The van der Waals surface area contributed by atoms with Gasteiger partial charge in [-0.25, -0.2) is 9.97 Å². The lowest BCUT2D eigenvalue weighted by molar-refractivity contribution is -0.115. The van der Waals surface area contributed by atoms with E-state index >= 15 is 0 Å². The van der Waals surface area contributed by atoms with E-state index in [0.717, 1.165) is 28.7 Å². The summed E-state index contributed by atoms with van der Waals surface area (Å²) < 4.78 is 39.5. The van der Waals surface area contributed by atoms with Gasteiger partial charge >= 0.3 is 6.18 Å². The zero-order valence-corrected chi connectivity index (χ0v) is 20.2. The summed E-state index contributed by atoms with van der Waals surface area (Å²) in [5.41, 5.74) is 2.14. The fraction of sp³-hybridized carbons (Fsp3) is 0.522. The van der Waals surface area contributed by atoms with Crippen molar-refractivity contribution in [1.29, 1.82) is 0 Å². The monoisotopic (exact) mass is 492 g/mol. The highest BCUT2D eigenvalue weighted by atomic mass is 32.1. The van der Waals surface area contributed by atoms with Crippen LogP contribution in [0.3, 0.4) is 0 Å². The van der Waals surface area contributed by atoms with Gasteiger partial charge in [-0.05, 0) is 50.8 Å². The molecule has 2 saturated carbocycles. The predicted octanol–water partition coefficient (Wildman–Crippen LogP) is 5.04. The van der Waals surface area contributed by atoms with E-state index in [2.05, 4.69) is 32.8 Å². The molecule has 4 unspecified atom stereocenters. The number of hydrogen-bond donors (Lipinski definition) is 4. The van der Waals surface area contributed by atoms with Crippen LogP contribution in [0, 0.1) is 18.3 Å². The lowest BCUT2D eigenvalue weighted by Crippen LogP contribution is -2.43. The molecule has 2 fully saturated rings. The molecular weight excluding hydrogens is 465 g/mol. The number of thiazole rings is 1. The van der Waals surface area contributed by atoms with Crippen molar-refractivity contribution in [3.63, 3.8) is 0 Å². The first-order chi connectivity index (χ1) is 15.9. The second-order valence-electron chi connectivity index (χ2n) is 9.61. The summed E-state index contributed by atoms with van der Waals surface area (Å²) >= 11 is 1.48. The third-order valence-electron chi connectivity index (χ3n) is 7.62. The molecule has 4 atom stereocenters. The molecule has 2 aliphatic carbocycles. The summed E-state index contributed by atoms with van der Waals surface area (Å²) in [6.45, 7) is 4.62. The Morgan fingerprint density at radius 3 is 2.62 bits per heavy atom. The number of alkyl halides is 3. The molecule has 2 aliphatic rings. The lowest BCUT2D eigenvalue weighted by atomic mass is 9.84. The van der Waals surface area contributed by atoms with E-state index < -0.39 is 24.4 Å². The Morgan fingerprint density at radius 2 is 1.97 bits per heavy atom. The number of halogens is 3. The summed E-state index contributed by atoms with van der Waals surface area (Å²) in [6.07, 6.45) is -3.09. The van der Waals surface area contributed by atoms with E-state index in [1.165, 1.54) is 11.3 Å². The molecule has 0 amide bonds. The molecule has 0 radical (unpaired) electrons. The van der Waals surface area contributed by atoms with Crippen LogP contribution < -0.4 is 16.0 Å². The number of aromatic nitrogens is 3. The topological polar surface area (TPSA) is 95.0 Å². The van der Waals surface area contributed by atoms with Gasteiger partial charge in [0, 0.05) is 23.7 Å². The number of anilines is 3. The first kappa shape index (κ1) is 23.1. The number of hydrogen-bond acceptors (Lipinski definition) is 8. The molecule has 34 heavy (non-hydrogen) atoms. The number of aliphatic hydroxyl groups excluding tert-OH is 1. The van der Waals surface area contributed by atoms with Crippen molar-refractivity contribution in [1.82, 2.24) is 15.0 Å². The van der Waals surface area contributed by atoms with Crippen molar-refractivity contribution in [3.8, 4) is 10.6 Å². The lowest BCUT2D eigenvalue weighted by Gasteiger charge is -2.36. The Morgan fingerprint density at radius 1 is 1.21 bits per heavy atom. The van der Waals surface area contributed by atoms with E-state index in [0.29, 0.717) is 22.1 Å². The largest absolute Gasteiger partial charge is 0.405 e. The van der Waals surface area contributed by atoms with Crippen LogP contribution in [0.5, 0.6) is 0 Å². The van der Waals surface area contributed by atoms with Gasteiger partial charge in [0.1, 0.15) is 17.4 Å². The van der Waals surface area contributed by atoms with E-state index in [-0.39, 0.29) is 17.3 Å². The molecule has 7 nitrogen and oxygen atoms in total. The average Bonchev–Trinajstić information content (AvgIpc) is 3.03. The third-order valence-corrected chi connectivity index (χ3v) is 8.68. The highest BCUT2D eigenvalue weighted by Crippen LogP contribution is 2.68. The van der Waals surface area contributed by atoms with Crippen molar-refractivity contribution in [2.24, 2.45) is 11.3 Å². The first-order valence-electron chi connectivity index (χ1n) is 11.2.